The number of hydrogen-bond donors (Lipinski definition) is 1. The van der Waals surface area contributed by atoms with Gasteiger partial charge in [0.25, 0.3) is 0 Å². The van der Waals surface area contributed by atoms with E-state index < -0.39 is 5.97 Å². The van der Waals surface area contributed by atoms with Gasteiger partial charge in [-0.2, -0.15) is 0 Å². The topological polar surface area (TPSA) is 59.4 Å². The highest BCUT2D eigenvalue weighted by Gasteiger charge is 2.10. The van der Waals surface area contributed by atoms with Crippen molar-refractivity contribution in [2.24, 2.45) is 0 Å². The van der Waals surface area contributed by atoms with Gasteiger partial charge in [0, 0.05) is 18.2 Å². The van der Waals surface area contributed by atoms with E-state index in [1.54, 1.807) is 6.07 Å². The molecule has 1 aromatic heterocycles. The Morgan fingerprint density at radius 2 is 2.50 bits per heavy atom. The number of aromatic nitrogens is 1. The Kier molecular flexibility index (Phi) is 3.07. The monoisotopic (exact) mass is 185 g/mol. The van der Waals surface area contributed by atoms with E-state index in [-0.39, 0.29) is 5.56 Å². The Labute approximate surface area is 73.8 Å². The first kappa shape index (κ1) is 9.02. The second-order valence-corrected chi connectivity index (χ2v) is 2.80. The van der Waals surface area contributed by atoms with E-state index >= 15 is 0 Å². The highest BCUT2D eigenvalue weighted by molar-refractivity contribution is 7.94. The van der Waals surface area contributed by atoms with E-state index in [1.165, 1.54) is 19.4 Å². The fourth-order valence-electron chi connectivity index (χ4n) is 0.699. The zero-order valence-corrected chi connectivity index (χ0v) is 7.17. The van der Waals surface area contributed by atoms with Crippen molar-refractivity contribution in [1.29, 1.82) is 0 Å². The molecule has 1 heterocycles. The molecule has 4 nitrogen and oxygen atoms in total. The summed E-state index contributed by atoms with van der Waals surface area (Å²) in [5, 5.41) is 9.05. The molecule has 0 atom stereocenters. The SMILES string of the molecule is COSc1ncccc1C(=O)O. The molecule has 12 heavy (non-hydrogen) atoms. The molecule has 0 bridgehead atoms. The normalized spacial score (nSPS) is 9.75. The van der Waals surface area contributed by atoms with Gasteiger partial charge in [-0.05, 0) is 12.1 Å². The lowest BCUT2D eigenvalue weighted by atomic mass is 10.3. The second-order valence-electron chi connectivity index (χ2n) is 1.91. The van der Waals surface area contributed by atoms with Crippen LogP contribution in [0.1, 0.15) is 10.4 Å². The average Bonchev–Trinajstić information content (AvgIpc) is 2.05. The Morgan fingerprint density at radius 3 is 3.08 bits per heavy atom. The summed E-state index contributed by atoms with van der Waals surface area (Å²) in [4.78, 5) is 14.4. The Bertz CT molecular complexity index is 290. The number of carbonyl (C=O) groups is 1. The molecule has 1 aromatic rings. The van der Waals surface area contributed by atoms with Crippen LogP contribution in [-0.4, -0.2) is 23.2 Å². The Hall–Kier alpha value is -1.07. The van der Waals surface area contributed by atoms with Gasteiger partial charge in [0.05, 0.1) is 12.7 Å². The van der Waals surface area contributed by atoms with Crippen LogP contribution in [0.2, 0.25) is 0 Å². The van der Waals surface area contributed by atoms with Gasteiger partial charge in [0.2, 0.25) is 0 Å². The fraction of sp³-hybridized carbons (Fsp3) is 0.143. The molecule has 5 heteroatoms. The van der Waals surface area contributed by atoms with Gasteiger partial charge >= 0.3 is 5.97 Å². The first-order chi connectivity index (χ1) is 5.75. The van der Waals surface area contributed by atoms with E-state index in [4.69, 9.17) is 9.29 Å². The molecule has 0 aliphatic heterocycles. The standard InChI is InChI=1S/C7H7NO3S/c1-11-12-6-5(7(9)10)3-2-4-8-6/h2-4H,1H3,(H,9,10). The first-order valence-electron chi connectivity index (χ1n) is 3.14. The number of rotatable bonds is 3. The van der Waals surface area contributed by atoms with Crippen LogP contribution in [0, 0.1) is 0 Å². The molecular weight excluding hydrogens is 178 g/mol. The number of carboxylic acid groups (broad SMARTS) is 1. The third-order valence-corrected chi connectivity index (χ3v) is 1.81. The van der Waals surface area contributed by atoms with Crippen molar-refractivity contribution in [3.63, 3.8) is 0 Å². The largest absolute Gasteiger partial charge is 0.478 e. The summed E-state index contributed by atoms with van der Waals surface area (Å²) in [5.41, 5.74) is 0.157. The lowest BCUT2D eigenvalue weighted by molar-refractivity contribution is 0.0692. The molecule has 1 rings (SSSR count). The number of nitrogens with zero attached hydrogens (tertiary/aromatic N) is 1. The van der Waals surface area contributed by atoms with Gasteiger partial charge in [-0.3, -0.25) is 0 Å². The Balaban J connectivity index is 3.00. The van der Waals surface area contributed by atoms with Gasteiger partial charge in [-0.25, -0.2) is 9.78 Å². The second kappa shape index (κ2) is 4.08. The zero-order valence-electron chi connectivity index (χ0n) is 6.35. The lowest BCUT2D eigenvalue weighted by Gasteiger charge is -2.00. The summed E-state index contributed by atoms with van der Waals surface area (Å²) in [6.45, 7) is 0. The van der Waals surface area contributed by atoms with Crippen LogP contribution in [0.5, 0.6) is 0 Å². The summed E-state index contributed by atoms with van der Waals surface area (Å²) >= 11 is 0.938. The van der Waals surface area contributed by atoms with Gasteiger partial charge < -0.3 is 9.29 Å². The van der Waals surface area contributed by atoms with Crippen molar-refractivity contribution < 1.29 is 14.1 Å². The van der Waals surface area contributed by atoms with E-state index in [9.17, 15) is 4.79 Å². The number of aromatic carboxylic acids is 1. The zero-order chi connectivity index (χ0) is 8.97. The minimum absolute atomic E-state index is 0.157. The summed E-state index contributed by atoms with van der Waals surface area (Å²) in [6.07, 6.45) is 1.52. The number of hydrogen-bond acceptors (Lipinski definition) is 4. The van der Waals surface area contributed by atoms with Gasteiger partial charge in [-0.1, -0.05) is 0 Å². The van der Waals surface area contributed by atoms with Crippen LogP contribution < -0.4 is 0 Å². The van der Waals surface area contributed by atoms with Crippen LogP contribution in [0.15, 0.2) is 23.4 Å². The first-order valence-corrected chi connectivity index (χ1v) is 3.89. The summed E-state index contributed by atoms with van der Waals surface area (Å²) < 4.78 is 4.71. The maximum absolute atomic E-state index is 10.6. The summed E-state index contributed by atoms with van der Waals surface area (Å²) in [5.74, 6) is -0.998. The number of carboxylic acids is 1. The molecule has 0 saturated heterocycles. The van der Waals surface area contributed by atoms with Crippen LogP contribution >= 0.6 is 12.0 Å². The predicted octanol–water partition coefficient (Wildman–Crippen LogP) is 1.43. The quantitative estimate of drug-likeness (QED) is 0.722. The molecule has 0 aliphatic carbocycles. The van der Waals surface area contributed by atoms with Crippen molar-refractivity contribution >= 4 is 18.0 Å². The predicted molar refractivity (Wildman–Crippen MR) is 44.1 cm³/mol. The molecule has 0 fully saturated rings. The maximum Gasteiger partial charge on any atom is 0.338 e. The van der Waals surface area contributed by atoms with Crippen molar-refractivity contribution in [1.82, 2.24) is 4.98 Å². The molecule has 0 spiro atoms. The fourth-order valence-corrected chi connectivity index (χ4v) is 1.21. The molecule has 0 unspecified atom stereocenters. The molecule has 1 N–H and O–H groups in total. The molecule has 0 saturated carbocycles. The molecule has 0 radical (unpaired) electrons. The smallest absolute Gasteiger partial charge is 0.338 e. The van der Waals surface area contributed by atoms with Crippen molar-refractivity contribution in [2.45, 2.75) is 5.03 Å². The third-order valence-electron chi connectivity index (χ3n) is 1.16. The highest BCUT2D eigenvalue weighted by Crippen LogP contribution is 2.19. The van der Waals surface area contributed by atoms with Crippen LogP contribution in [0.3, 0.4) is 0 Å². The highest BCUT2D eigenvalue weighted by atomic mass is 32.2. The minimum atomic E-state index is -0.998. The van der Waals surface area contributed by atoms with Gasteiger partial charge in [0.1, 0.15) is 5.03 Å². The molecule has 64 valence electrons. The van der Waals surface area contributed by atoms with Crippen LogP contribution in [0.25, 0.3) is 0 Å². The molecule has 0 aliphatic rings. The molecule has 0 aromatic carbocycles. The lowest BCUT2D eigenvalue weighted by Crippen LogP contribution is -1.99. The van der Waals surface area contributed by atoms with Crippen LogP contribution in [0.4, 0.5) is 0 Å². The van der Waals surface area contributed by atoms with E-state index in [1.807, 2.05) is 0 Å². The summed E-state index contributed by atoms with van der Waals surface area (Å²) in [7, 11) is 1.46. The average molecular weight is 185 g/mol. The van der Waals surface area contributed by atoms with Gasteiger partial charge in [0.15, 0.2) is 0 Å². The van der Waals surface area contributed by atoms with Crippen molar-refractivity contribution in [3.05, 3.63) is 23.9 Å². The van der Waals surface area contributed by atoms with E-state index in [0.29, 0.717) is 5.03 Å². The third kappa shape index (κ3) is 1.96. The minimum Gasteiger partial charge on any atom is -0.478 e. The van der Waals surface area contributed by atoms with Gasteiger partial charge in [-0.15, -0.1) is 0 Å². The maximum atomic E-state index is 10.6. The van der Waals surface area contributed by atoms with E-state index in [0.717, 1.165) is 12.0 Å². The van der Waals surface area contributed by atoms with Crippen molar-refractivity contribution in [2.75, 3.05) is 7.11 Å². The van der Waals surface area contributed by atoms with Crippen molar-refractivity contribution in [3.8, 4) is 0 Å². The molecule has 0 amide bonds. The molecular formula is C7H7NO3S. The van der Waals surface area contributed by atoms with E-state index in [2.05, 4.69) is 4.98 Å². The van der Waals surface area contributed by atoms with Crippen LogP contribution in [-0.2, 0) is 4.18 Å². The Morgan fingerprint density at radius 1 is 1.75 bits per heavy atom. The number of pyridine rings is 1. The summed E-state index contributed by atoms with van der Waals surface area (Å²) in [6, 6.07) is 3.06.